The molecule has 0 aromatic heterocycles. The molecule has 7 nitrogen and oxygen atoms in total. The van der Waals surface area contributed by atoms with Crippen LogP contribution in [0.2, 0.25) is 0 Å². The summed E-state index contributed by atoms with van der Waals surface area (Å²) in [7, 11) is 0. The molecule has 3 fully saturated rings. The van der Waals surface area contributed by atoms with Crippen molar-refractivity contribution < 1.29 is 14.3 Å². The maximum absolute atomic E-state index is 12.6. The summed E-state index contributed by atoms with van der Waals surface area (Å²) in [5.41, 5.74) is 1.34. The summed E-state index contributed by atoms with van der Waals surface area (Å²) in [5.74, 6) is -0.00690. The van der Waals surface area contributed by atoms with Gasteiger partial charge < -0.3 is 15.0 Å². The van der Waals surface area contributed by atoms with Crippen LogP contribution in [0.1, 0.15) is 31.2 Å². The van der Waals surface area contributed by atoms with Gasteiger partial charge in [0.15, 0.2) is 0 Å². The van der Waals surface area contributed by atoms with Crippen LogP contribution in [0.25, 0.3) is 0 Å². The lowest BCUT2D eigenvalue weighted by Crippen LogP contribution is -2.45. The summed E-state index contributed by atoms with van der Waals surface area (Å²) >= 11 is 0. The molecule has 0 aliphatic carbocycles. The number of morpholine rings is 1. The number of amides is 2. The van der Waals surface area contributed by atoms with Crippen LogP contribution in [0, 0.1) is 5.92 Å². The molecule has 1 unspecified atom stereocenters. The number of rotatable bonds is 8. The summed E-state index contributed by atoms with van der Waals surface area (Å²) in [4.78, 5) is 32.0. The van der Waals surface area contributed by atoms with E-state index in [-0.39, 0.29) is 23.8 Å². The molecule has 2 amide bonds. The third kappa shape index (κ3) is 6.28. The Kier molecular flexibility index (Phi) is 7.94. The topological polar surface area (TPSA) is 65.1 Å². The van der Waals surface area contributed by atoms with Gasteiger partial charge in [-0.2, -0.15) is 0 Å². The highest BCUT2D eigenvalue weighted by Crippen LogP contribution is 2.26. The van der Waals surface area contributed by atoms with E-state index in [4.69, 9.17) is 4.74 Å². The SMILES string of the molecule is O=C(NCCCN1CCOCC1)C1CC(=O)N(C2CCN(Cc3ccccc3)CC2)C1. The van der Waals surface area contributed by atoms with Crippen molar-refractivity contribution in [3.8, 4) is 0 Å². The third-order valence-electron chi connectivity index (χ3n) is 6.83. The number of ether oxygens (including phenoxy) is 1. The van der Waals surface area contributed by atoms with Gasteiger partial charge in [-0.3, -0.25) is 19.4 Å². The molecule has 3 heterocycles. The van der Waals surface area contributed by atoms with Crippen LogP contribution in [-0.2, 0) is 20.9 Å². The Hall–Kier alpha value is -1.96. The zero-order valence-electron chi connectivity index (χ0n) is 18.5. The number of carbonyl (C=O) groups is 2. The summed E-state index contributed by atoms with van der Waals surface area (Å²) in [5, 5.41) is 3.06. The molecule has 3 saturated heterocycles. The number of likely N-dealkylation sites (tertiary alicyclic amines) is 2. The number of nitrogens with one attached hydrogen (secondary N) is 1. The lowest BCUT2D eigenvalue weighted by Gasteiger charge is -2.36. The zero-order valence-corrected chi connectivity index (χ0v) is 18.5. The highest BCUT2D eigenvalue weighted by molar-refractivity contribution is 5.89. The second-order valence-electron chi connectivity index (χ2n) is 9.04. The fourth-order valence-corrected chi connectivity index (χ4v) is 4.97. The second kappa shape index (κ2) is 11.1. The zero-order chi connectivity index (χ0) is 21.5. The molecule has 31 heavy (non-hydrogen) atoms. The minimum Gasteiger partial charge on any atom is -0.379 e. The maximum atomic E-state index is 12.6. The Labute approximate surface area is 185 Å². The van der Waals surface area contributed by atoms with Gasteiger partial charge in [0, 0.05) is 58.3 Å². The van der Waals surface area contributed by atoms with Crippen molar-refractivity contribution >= 4 is 11.8 Å². The Morgan fingerprint density at radius 3 is 2.52 bits per heavy atom. The molecular weight excluding hydrogens is 392 g/mol. The van der Waals surface area contributed by atoms with E-state index in [1.807, 2.05) is 11.0 Å². The van der Waals surface area contributed by atoms with Crippen LogP contribution in [0.5, 0.6) is 0 Å². The van der Waals surface area contributed by atoms with Crippen molar-refractivity contribution in [3.05, 3.63) is 35.9 Å². The molecule has 170 valence electrons. The standard InChI is InChI=1S/C24H36N4O3/c29-23-17-21(24(30)25-9-4-10-26-13-15-31-16-14-26)19-28(23)22-7-11-27(12-8-22)18-20-5-2-1-3-6-20/h1-3,5-6,21-22H,4,7-19H2,(H,25,30). The molecule has 1 aromatic rings. The Morgan fingerprint density at radius 2 is 1.77 bits per heavy atom. The summed E-state index contributed by atoms with van der Waals surface area (Å²) < 4.78 is 5.36. The lowest BCUT2D eigenvalue weighted by molar-refractivity contribution is -0.131. The van der Waals surface area contributed by atoms with E-state index >= 15 is 0 Å². The first kappa shape index (κ1) is 22.2. The Morgan fingerprint density at radius 1 is 1.03 bits per heavy atom. The van der Waals surface area contributed by atoms with Gasteiger partial charge in [0.1, 0.15) is 0 Å². The molecule has 1 N–H and O–H groups in total. The molecule has 1 aromatic carbocycles. The normalized spacial score (nSPS) is 23.9. The van der Waals surface area contributed by atoms with Gasteiger partial charge >= 0.3 is 0 Å². The van der Waals surface area contributed by atoms with E-state index in [2.05, 4.69) is 39.4 Å². The molecular formula is C24H36N4O3. The van der Waals surface area contributed by atoms with Gasteiger partial charge in [0.2, 0.25) is 11.8 Å². The van der Waals surface area contributed by atoms with Crippen molar-refractivity contribution in [1.29, 1.82) is 0 Å². The molecule has 0 bridgehead atoms. The highest BCUT2D eigenvalue weighted by atomic mass is 16.5. The fourth-order valence-electron chi connectivity index (χ4n) is 4.97. The van der Waals surface area contributed by atoms with E-state index in [0.29, 0.717) is 19.5 Å². The van der Waals surface area contributed by atoms with Gasteiger partial charge in [-0.05, 0) is 31.4 Å². The second-order valence-corrected chi connectivity index (χ2v) is 9.04. The van der Waals surface area contributed by atoms with E-state index in [0.717, 1.165) is 71.7 Å². The number of nitrogens with zero attached hydrogens (tertiary/aromatic N) is 3. The van der Waals surface area contributed by atoms with Crippen LogP contribution in [0.3, 0.4) is 0 Å². The van der Waals surface area contributed by atoms with Crippen molar-refractivity contribution in [3.63, 3.8) is 0 Å². The highest BCUT2D eigenvalue weighted by Gasteiger charge is 2.38. The Bertz CT molecular complexity index is 715. The number of hydrogen-bond donors (Lipinski definition) is 1. The van der Waals surface area contributed by atoms with Gasteiger partial charge in [0.25, 0.3) is 0 Å². The van der Waals surface area contributed by atoms with Crippen molar-refractivity contribution in [1.82, 2.24) is 20.0 Å². The van der Waals surface area contributed by atoms with Gasteiger partial charge in [-0.15, -0.1) is 0 Å². The third-order valence-corrected chi connectivity index (χ3v) is 6.83. The average Bonchev–Trinajstić information content (AvgIpc) is 3.20. The molecule has 3 aliphatic heterocycles. The largest absolute Gasteiger partial charge is 0.379 e. The van der Waals surface area contributed by atoms with Crippen LogP contribution < -0.4 is 5.32 Å². The predicted molar refractivity (Wildman–Crippen MR) is 119 cm³/mol. The number of benzene rings is 1. The van der Waals surface area contributed by atoms with E-state index in [9.17, 15) is 9.59 Å². The molecule has 0 spiro atoms. The van der Waals surface area contributed by atoms with E-state index in [1.54, 1.807) is 0 Å². The fraction of sp³-hybridized carbons (Fsp3) is 0.667. The van der Waals surface area contributed by atoms with Crippen LogP contribution in [0.4, 0.5) is 0 Å². The quantitative estimate of drug-likeness (QED) is 0.633. The van der Waals surface area contributed by atoms with Gasteiger partial charge in [0.05, 0.1) is 19.1 Å². The van der Waals surface area contributed by atoms with Crippen LogP contribution in [-0.4, -0.2) is 91.6 Å². The Balaban J connectivity index is 1.15. The summed E-state index contributed by atoms with van der Waals surface area (Å²) in [6.45, 7) is 8.78. The molecule has 0 saturated carbocycles. The first-order chi connectivity index (χ1) is 15.2. The molecule has 7 heteroatoms. The summed E-state index contributed by atoms with van der Waals surface area (Å²) in [6, 6.07) is 10.8. The van der Waals surface area contributed by atoms with E-state index < -0.39 is 0 Å². The number of piperidine rings is 1. The smallest absolute Gasteiger partial charge is 0.225 e. The van der Waals surface area contributed by atoms with Gasteiger partial charge in [-0.25, -0.2) is 0 Å². The minimum absolute atomic E-state index is 0.0411. The average molecular weight is 429 g/mol. The van der Waals surface area contributed by atoms with Crippen molar-refractivity contribution in [2.24, 2.45) is 5.92 Å². The van der Waals surface area contributed by atoms with Gasteiger partial charge in [-0.1, -0.05) is 30.3 Å². The molecule has 4 rings (SSSR count). The lowest BCUT2D eigenvalue weighted by atomic mass is 10.0. The van der Waals surface area contributed by atoms with Crippen LogP contribution >= 0.6 is 0 Å². The predicted octanol–water partition coefficient (Wildman–Crippen LogP) is 1.34. The monoisotopic (exact) mass is 428 g/mol. The number of hydrogen-bond acceptors (Lipinski definition) is 5. The minimum atomic E-state index is -0.196. The first-order valence-corrected chi connectivity index (χ1v) is 11.8. The summed E-state index contributed by atoms with van der Waals surface area (Å²) in [6.07, 6.45) is 3.29. The number of carbonyl (C=O) groups excluding carboxylic acids is 2. The molecule has 0 radical (unpaired) electrons. The van der Waals surface area contributed by atoms with Crippen molar-refractivity contribution in [2.45, 2.75) is 38.3 Å². The van der Waals surface area contributed by atoms with Crippen molar-refractivity contribution in [2.75, 3.05) is 59.0 Å². The molecule has 3 aliphatic rings. The van der Waals surface area contributed by atoms with E-state index in [1.165, 1.54) is 5.56 Å². The van der Waals surface area contributed by atoms with Crippen LogP contribution in [0.15, 0.2) is 30.3 Å². The maximum Gasteiger partial charge on any atom is 0.225 e. The molecule has 1 atom stereocenters. The first-order valence-electron chi connectivity index (χ1n) is 11.8.